The quantitative estimate of drug-likeness (QED) is 0.488. The molecule has 0 bridgehead atoms. The summed E-state index contributed by atoms with van der Waals surface area (Å²) in [5.74, 6) is 0.328. The largest absolute Gasteiger partial charge is 0.504 e. The first-order chi connectivity index (χ1) is 10.6. The number of benzene rings is 1. The van der Waals surface area contributed by atoms with Gasteiger partial charge in [-0.25, -0.2) is 0 Å². The number of thioether (sulfide) groups is 1. The monoisotopic (exact) mass is 339 g/mol. The first kappa shape index (κ1) is 16.8. The Bertz CT molecular complexity index is 616. The zero-order chi connectivity index (χ0) is 16.1. The van der Waals surface area contributed by atoms with Crippen LogP contribution in [-0.2, 0) is 9.53 Å². The molecule has 1 amide bonds. The molecule has 1 N–H and O–H groups in total. The van der Waals surface area contributed by atoms with Crippen molar-refractivity contribution in [1.82, 2.24) is 4.90 Å². The Balaban J connectivity index is 2.15. The topological polar surface area (TPSA) is 59.0 Å². The van der Waals surface area contributed by atoms with E-state index in [9.17, 15) is 9.90 Å². The van der Waals surface area contributed by atoms with Crippen LogP contribution in [0.25, 0.3) is 6.08 Å². The molecular weight excluding hydrogens is 322 g/mol. The van der Waals surface area contributed by atoms with Gasteiger partial charge in [0.2, 0.25) is 0 Å². The summed E-state index contributed by atoms with van der Waals surface area (Å²) in [7, 11) is 3.11. The first-order valence-electron chi connectivity index (χ1n) is 6.68. The molecule has 2 rings (SSSR count). The molecule has 22 heavy (non-hydrogen) atoms. The number of hydrogen-bond acceptors (Lipinski definition) is 6. The average Bonchev–Trinajstić information content (AvgIpc) is 2.76. The number of aromatic hydroxyl groups is 1. The molecule has 5 nitrogen and oxygen atoms in total. The minimum Gasteiger partial charge on any atom is -0.504 e. The number of thiocarbonyl (C=S) groups is 1. The van der Waals surface area contributed by atoms with Crippen LogP contribution in [0.2, 0.25) is 0 Å². The van der Waals surface area contributed by atoms with Gasteiger partial charge in [-0.15, -0.1) is 0 Å². The summed E-state index contributed by atoms with van der Waals surface area (Å²) in [4.78, 5) is 14.5. The number of methoxy groups -OCH3 is 2. The summed E-state index contributed by atoms with van der Waals surface area (Å²) < 4.78 is 10.6. The Labute approximate surface area is 138 Å². The van der Waals surface area contributed by atoms with Crippen molar-refractivity contribution < 1.29 is 19.4 Å². The molecule has 0 aromatic heterocycles. The van der Waals surface area contributed by atoms with Gasteiger partial charge in [0.25, 0.3) is 5.91 Å². The highest BCUT2D eigenvalue weighted by molar-refractivity contribution is 8.26. The SMILES string of the molecule is COCCCN1C(=O)/C(=C/c2ccc(O)c(OC)c2)SC1=S. The summed E-state index contributed by atoms with van der Waals surface area (Å²) >= 11 is 6.53. The van der Waals surface area contributed by atoms with Gasteiger partial charge in [0.15, 0.2) is 11.5 Å². The smallest absolute Gasteiger partial charge is 0.266 e. The maximum Gasteiger partial charge on any atom is 0.266 e. The molecule has 1 aromatic carbocycles. The van der Waals surface area contributed by atoms with Gasteiger partial charge in [0.05, 0.1) is 12.0 Å². The number of amides is 1. The fraction of sp³-hybridized carbons (Fsp3) is 0.333. The molecule has 1 heterocycles. The first-order valence-corrected chi connectivity index (χ1v) is 7.90. The van der Waals surface area contributed by atoms with Crippen molar-refractivity contribution in [2.75, 3.05) is 27.4 Å². The molecule has 0 radical (unpaired) electrons. The van der Waals surface area contributed by atoms with E-state index >= 15 is 0 Å². The maximum absolute atomic E-state index is 12.4. The lowest BCUT2D eigenvalue weighted by Crippen LogP contribution is -2.29. The molecule has 118 valence electrons. The summed E-state index contributed by atoms with van der Waals surface area (Å²) in [6.07, 6.45) is 2.49. The van der Waals surface area contributed by atoms with Gasteiger partial charge in [-0.3, -0.25) is 9.69 Å². The number of rotatable bonds is 6. The van der Waals surface area contributed by atoms with Crippen molar-refractivity contribution in [1.29, 1.82) is 0 Å². The fourth-order valence-corrected chi connectivity index (χ4v) is 3.30. The van der Waals surface area contributed by atoms with E-state index in [1.807, 2.05) is 0 Å². The number of nitrogens with zero attached hydrogens (tertiary/aromatic N) is 1. The van der Waals surface area contributed by atoms with Crippen LogP contribution in [0, 0.1) is 0 Å². The number of phenolic OH excluding ortho intramolecular Hbond substituents is 1. The van der Waals surface area contributed by atoms with Gasteiger partial charge in [-0.1, -0.05) is 30.0 Å². The minimum atomic E-state index is -0.0989. The van der Waals surface area contributed by atoms with E-state index in [4.69, 9.17) is 21.7 Å². The van der Waals surface area contributed by atoms with E-state index in [1.54, 1.807) is 30.2 Å². The predicted octanol–water partition coefficient (Wildman–Crippen LogP) is 2.64. The van der Waals surface area contributed by atoms with Gasteiger partial charge in [-0.05, 0) is 30.2 Å². The van der Waals surface area contributed by atoms with Crippen molar-refractivity contribution in [3.8, 4) is 11.5 Å². The molecule has 0 atom stereocenters. The molecule has 0 aliphatic carbocycles. The van der Waals surface area contributed by atoms with Crippen molar-refractivity contribution in [3.63, 3.8) is 0 Å². The Morgan fingerprint density at radius 3 is 2.86 bits per heavy atom. The zero-order valence-electron chi connectivity index (χ0n) is 12.4. The number of phenols is 1. The van der Waals surface area contributed by atoms with Crippen molar-refractivity contribution in [2.45, 2.75) is 6.42 Å². The van der Waals surface area contributed by atoms with Gasteiger partial charge in [-0.2, -0.15) is 0 Å². The maximum atomic E-state index is 12.4. The second-order valence-electron chi connectivity index (χ2n) is 4.61. The second kappa shape index (κ2) is 7.62. The minimum absolute atomic E-state index is 0.0618. The summed E-state index contributed by atoms with van der Waals surface area (Å²) in [5, 5.41) is 9.59. The predicted molar refractivity (Wildman–Crippen MR) is 91.0 cm³/mol. The summed E-state index contributed by atoms with van der Waals surface area (Å²) in [5.41, 5.74) is 0.770. The Kier molecular flexibility index (Phi) is 5.82. The molecule has 1 aromatic rings. The lowest BCUT2D eigenvalue weighted by atomic mass is 10.2. The molecule has 1 aliphatic heterocycles. The molecule has 0 unspecified atom stereocenters. The van der Waals surface area contributed by atoms with Crippen molar-refractivity contribution >= 4 is 40.3 Å². The Hall–Kier alpha value is -1.57. The number of carbonyl (C=O) groups excluding carboxylic acids is 1. The third-order valence-electron chi connectivity index (χ3n) is 3.11. The van der Waals surface area contributed by atoms with Crippen molar-refractivity contribution in [3.05, 3.63) is 28.7 Å². The van der Waals surface area contributed by atoms with Crippen molar-refractivity contribution in [2.24, 2.45) is 0 Å². The molecule has 0 spiro atoms. The van der Waals surface area contributed by atoms with Gasteiger partial charge in [0, 0.05) is 20.3 Å². The molecule has 1 aliphatic rings. The fourth-order valence-electron chi connectivity index (χ4n) is 2.00. The van der Waals surface area contributed by atoms with E-state index in [0.717, 1.165) is 12.0 Å². The van der Waals surface area contributed by atoms with E-state index in [-0.39, 0.29) is 11.7 Å². The van der Waals surface area contributed by atoms with Crippen LogP contribution < -0.4 is 4.74 Å². The molecular formula is C15H17NO4S2. The highest BCUT2D eigenvalue weighted by Gasteiger charge is 2.31. The molecule has 1 saturated heterocycles. The molecule has 0 saturated carbocycles. The van der Waals surface area contributed by atoms with Crippen LogP contribution in [0.1, 0.15) is 12.0 Å². The van der Waals surface area contributed by atoms with Gasteiger partial charge in [0.1, 0.15) is 4.32 Å². The number of carbonyl (C=O) groups is 1. The molecule has 1 fully saturated rings. The third kappa shape index (κ3) is 3.79. The van der Waals surface area contributed by atoms with E-state index in [2.05, 4.69) is 0 Å². The van der Waals surface area contributed by atoms with E-state index in [0.29, 0.717) is 28.1 Å². The summed E-state index contributed by atoms with van der Waals surface area (Å²) in [6.45, 7) is 1.14. The lowest BCUT2D eigenvalue weighted by molar-refractivity contribution is -0.122. The van der Waals surface area contributed by atoms with Crippen LogP contribution in [0.3, 0.4) is 0 Å². The van der Waals surface area contributed by atoms with Gasteiger partial charge >= 0.3 is 0 Å². The van der Waals surface area contributed by atoms with Crippen LogP contribution in [0.15, 0.2) is 23.1 Å². The Morgan fingerprint density at radius 2 is 2.18 bits per heavy atom. The number of ether oxygens (including phenoxy) is 2. The van der Waals surface area contributed by atoms with Crippen LogP contribution >= 0.6 is 24.0 Å². The second-order valence-corrected chi connectivity index (χ2v) is 6.29. The third-order valence-corrected chi connectivity index (χ3v) is 4.48. The highest BCUT2D eigenvalue weighted by atomic mass is 32.2. The number of hydrogen-bond donors (Lipinski definition) is 1. The lowest BCUT2D eigenvalue weighted by Gasteiger charge is -2.13. The Morgan fingerprint density at radius 1 is 1.41 bits per heavy atom. The normalized spacial score (nSPS) is 16.6. The van der Waals surface area contributed by atoms with Crippen LogP contribution in [0.5, 0.6) is 11.5 Å². The standard InChI is InChI=1S/C15H17NO4S2/c1-19-7-3-6-16-14(18)13(22-15(16)21)9-10-4-5-11(17)12(8-10)20-2/h4-5,8-9,17H,3,6-7H2,1-2H3/b13-9-. The van der Waals surface area contributed by atoms with Gasteiger partial charge < -0.3 is 14.6 Å². The van der Waals surface area contributed by atoms with E-state index in [1.165, 1.54) is 24.9 Å². The molecule has 7 heteroatoms. The zero-order valence-corrected chi connectivity index (χ0v) is 14.0. The van der Waals surface area contributed by atoms with E-state index < -0.39 is 0 Å². The summed E-state index contributed by atoms with van der Waals surface area (Å²) in [6, 6.07) is 4.92. The average molecular weight is 339 g/mol. The highest BCUT2D eigenvalue weighted by Crippen LogP contribution is 2.34. The van der Waals surface area contributed by atoms with Crippen LogP contribution in [-0.4, -0.2) is 47.6 Å². The van der Waals surface area contributed by atoms with Crippen LogP contribution in [0.4, 0.5) is 0 Å².